The summed E-state index contributed by atoms with van der Waals surface area (Å²) in [6, 6.07) is 2.76. The monoisotopic (exact) mass is 169 g/mol. The third-order valence-corrected chi connectivity index (χ3v) is 1.31. The van der Waals surface area contributed by atoms with Gasteiger partial charge in [0.1, 0.15) is 5.82 Å². The fourth-order valence-corrected chi connectivity index (χ4v) is 0.744. The van der Waals surface area contributed by atoms with Gasteiger partial charge < -0.3 is 10.1 Å². The van der Waals surface area contributed by atoms with Crippen LogP contribution in [0.3, 0.4) is 0 Å². The molecule has 1 aromatic rings. The molecule has 1 heterocycles. The van der Waals surface area contributed by atoms with Crippen LogP contribution in [0.1, 0.15) is 14.5 Å². The van der Waals surface area contributed by atoms with E-state index in [1.165, 1.54) is 25.4 Å². The third kappa shape index (κ3) is 1.72. The molecule has 4 heteroatoms. The van der Waals surface area contributed by atoms with Gasteiger partial charge in [0, 0.05) is 17.3 Å². The highest BCUT2D eigenvalue weighted by Crippen LogP contribution is 2.06. The number of anilines is 1. The Morgan fingerprint density at radius 1 is 1.83 bits per heavy atom. The molecule has 0 saturated heterocycles. The number of carbonyl (C=O) groups is 1. The Balaban J connectivity index is 2.88. The van der Waals surface area contributed by atoms with Gasteiger partial charge in [0.25, 0.3) is 0 Å². The summed E-state index contributed by atoms with van der Waals surface area (Å²) in [5.74, 6) is -0.427. The normalized spacial score (nSPS) is 13.9. The molecule has 4 nitrogen and oxygen atoms in total. The summed E-state index contributed by atoms with van der Waals surface area (Å²) in [6.07, 6.45) is 1.33. The second-order valence-electron chi connectivity index (χ2n) is 2.05. The molecule has 1 aromatic heterocycles. The molecular weight excluding hydrogens is 156 g/mol. The Hall–Kier alpha value is -1.58. The zero-order valence-electron chi connectivity index (χ0n) is 9.50. The summed E-state index contributed by atoms with van der Waals surface area (Å²) in [6.45, 7) is -2.33. The van der Waals surface area contributed by atoms with Gasteiger partial charge in [0.2, 0.25) is 0 Å². The Morgan fingerprint density at radius 2 is 2.67 bits per heavy atom. The Morgan fingerprint density at radius 3 is 3.33 bits per heavy atom. The van der Waals surface area contributed by atoms with Gasteiger partial charge in [-0.15, -0.1) is 0 Å². The SMILES string of the molecule is [2H]C([2H])([2H])Nc1cc(C(=O)OC)ccn1. The van der Waals surface area contributed by atoms with Crippen molar-refractivity contribution in [2.24, 2.45) is 0 Å². The van der Waals surface area contributed by atoms with Crippen molar-refractivity contribution in [3.05, 3.63) is 23.9 Å². The molecule has 0 aliphatic carbocycles. The van der Waals surface area contributed by atoms with Crippen LogP contribution in [0.2, 0.25) is 0 Å². The lowest BCUT2D eigenvalue weighted by molar-refractivity contribution is 0.0600. The minimum Gasteiger partial charge on any atom is -0.465 e. The molecule has 0 aromatic carbocycles. The van der Waals surface area contributed by atoms with E-state index in [0.717, 1.165) is 0 Å². The van der Waals surface area contributed by atoms with E-state index in [1.807, 2.05) is 0 Å². The highest BCUT2D eigenvalue weighted by molar-refractivity contribution is 5.89. The first kappa shape index (κ1) is 5.13. The number of hydrogen-bond donors (Lipinski definition) is 1. The first-order chi connectivity index (χ1) is 6.92. The first-order valence-electron chi connectivity index (χ1n) is 4.75. The van der Waals surface area contributed by atoms with Crippen LogP contribution in [0, 0.1) is 0 Å². The van der Waals surface area contributed by atoms with Gasteiger partial charge in [-0.25, -0.2) is 9.78 Å². The van der Waals surface area contributed by atoms with Crippen LogP contribution >= 0.6 is 0 Å². The van der Waals surface area contributed by atoms with Crippen LogP contribution in [0.5, 0.6) is 0 Å². The number of pyridine rings is 1. The van der Waals surface area contributed by atoms with Crippen LogP contribution in [0.15, 0.2) is 18.3 Å². The van der Waals surface area contributed by atoms with Crippen molar-refractivity contribution < 1.29 is 13.6 Å². The number of ether oxygens (including phenoxy) is 1. The standard InChI is InChI=1S/C8H10N2O2/c1-9-7-5-6(3-4-10-7)8(11)12-2/h3-5H,1-2H3,(H,9,10)/i1D3. The molecule has 1 N–H and O–H groups in total. The van der Waals surface area contributed by atoms with Gasteiger partial charge in [-0.1, -0.05) is 0 Å². The van der Waals surface area contributed by atoms with Gasteiger partial charge in [-0.3, -0.25) is 0 Å². The Labute approximate surface area is 74.8 Å². The predicted molar refractivity (Wildman–Crippen MR) is 45.1 cm³/mol. The van der Waals surface area contributed by atoms with Crippen LogP contribution in [0.4, 0.5) is 5.82 Å². The number of methoxy groups -OCH3 is 1. The van der Waals surface area contributed by atoms with Crippen molar-refractivity contribution in [2.45, 2.75) is 0 Å². The zero-order chi connectivity index (χ0) is 11.5. The largest absolute Gasteiger partial charge is 0.465 e. The lowest BCUT2D eigenvalue weighted by atomic mass is 10.2. The number of hydrogen-bond acceptors (Lipinski definition) is 4. The van der Waals surface area contributed by atoms with Gasteiger partial charge in [-0.2, -0.15) is 0 Å². The van der Waals surface area contributed by atoms with Gasteiger partial charge in [-0.05, 0) is 12.1 Å². The van der Waals surface area contributed by atoms with Gasteiger partial charge in [0.15, 0.2) is 0 Å². The first-order valence-corrected chi connectivity index (χ1v) is 3.25. The number of esters is 1. The van der Waals surface area contributed by atoms with Crippen molar-refractivity contribution in [2.75, 3.05) is 19.4 Å². The van der Waals surface area contributed by atoms with E-state index >= 15 is 0 Å². The summed E-state index contributed by atoms with van der Waals surface area (Å²) >= 11 is 0. The molecule has 0 saturated carbocycles. The Bertz CT molecular complexity index is 365. The van der Waals surface area contributed by atoms with Crippen LogP contribution in [-0.2, 0) is 4.74 Å². The maximum absolute atomic E-state index is 11.1. The average molecular weight is 169 g/mol. The fourth-order valence-electron chi connectivity index (χ4n) is 0.744. The maximum atomic E-state index is 11.1. The van der Waals surface area contributed by atoms with Crippen LogP contribution < -0.4 is 5.32 Å². The minimum atomic E-state index is -2.33. The summed E-state index contributed by atoms with van der Waals surface area (Å²) in [5, 5.41) is 2.18. The average Bonchev–Trinajstić information content (AvgIpc) is 2.14. The van der Waals surface area contributed by atoms with Crippen molar-refractivity contribution in [1.82, 2.24) is 4.98 Å². The molecule has 0 radical (unpaired) electrons. The molecular formula is C8H10N2O2. The van der Waals surface area contributed by atoms with E-state index < -0.39 is 12.9 Å². The lowest BCUT2D eigenvalue weighted by Crippen LogP contribution is -2.02. The molecule has 12 heavy (non-hydrogen) atoms. The molecule has 64 valence electrons. The molecule has 0 bridgehead atoms. The third-order valence-electron chi connectivity index (χ3n) is 1.31. The van der Waals surface area contributed by atoms with Crippen LogP contribution in [-0.4, -0.2) is 25.0 Å². The van der Waals surface area contributed by atoms with E-state index in [-0.39, 0.29) is 11.4 Å². The van der Waals surface area contributed by atoms with Crippen molar-refractivity contribution >= 4 is 11.8 Å². The minimum absolute atomic E-state index is 0.109. The summed E-state index contributed by atoms with van der Waals surface area (Å²) in [5.41, 5.74) is 0.249. The summed E-state index contributed by atoms with van der Waals surface area (Å²) < 4.78 is 25.4. The molecule has 0 amide bonds. The number of aromatic nitrogens is 1. The smallest absolute Gasteiger partial charge is 0.338 e. The lowest BCUT2D eigenvalue weighted by Gasteiger charge is -2.01. The molecule has 0 aliphatic heterocycles. The summed E-state index contributed by atoms with van der Waals surface area (Å²) in [7, 11) is 1.25. The maximum Gasteiger partial charge on any atom is 0.338 e. The van der Waals surface area contributed by atoms with E-state index in [9.17, 15) is 4.79 Å². The van der Waals surface area contributed by atoms with Crippen molar-refractivity contribution in [3.63, 3.8) is 0 Å². The van der Waals surface area contributed by atoms with E-state index in [4.69, 9.17) is 4.11 Å². The molecule has 0 fully saturated rings. The van der Waals surface area contributed by atoms with Crippen molar-refractivity contribution in [3.8, 4) is 0 Å². The zero-order valence-corrected chi connectivity index (χ0v) is 6.50. The summed E-state index contributed by atoms with van der Waals surface area (Å²) in [4.78, 5) is 14.9. The quantitative estimate of drug-likeness (QED) is 0.668. The molecule has 0 aliphatic rings. The Kier molecular flexibility index (Phi) is 1.59. The second-order valence-corrected chi connectivity index (χ2v) is 2.05. The number of carbonyl (C=O) groups excluding carboxylic acids is 1. The molecule has 0 unspecified atom stereocenters. The van der Waals surface area contributed by atoms with Gasteiger partial charge >= 0.3 is 5.97 Å². The van der Waals surface area contributed by atoms with E-state index in [1.54, 1.807) is 0 Å². The highest BCUT2D eigenvalue weighted by atomic mass is 16.5. The van der Waals surface area contributed by atoms with E-state index in [0.29, 0.717) is 0 Å². The number of nitrogens with one attached hydrogen (secondary N) is 1. The van der Waals surface area contributed by atoms with Crippen LogP contribution in [0.25, 0.3) is 0 Å². The number of rotatable bonds is 2. The topological polar surface area (TPSA) is 51.2 Å². The van der Waals surface area contributed by atoms with Gasteiger partial charge in [0.05, 0.1) is 12.7 Å². The fraction of sp³-hybridized carbons (Fsp3) is 0.250. The molecule has 0 atom stereocenters. The van der Waals surface area contributed by atoms with E-state index in [2.05, 4.69) is 15.0 Å². The number of nitrogens with zero attached hydrogens (tertiary/aromatic N) is 1. The van der Waals surface area contributed by atoms with Crippen molar-refractivity contribution in [1.29, 1.82) is 0 Å². The molecule has 1 rings (SSSR count). The predicted octanol–water partition coefficient (Wildman–Crippen LogP) is 0.910. The highest BCUT2D eigenvalue weighted by Gasteiger charge is 2.04. The molecule has 0 spiro atoms. The second kappa shape index (κ2) is 3.71.